The maximum absolute atomic E-state index is 12.0. The van der Waals surface area contributed by atoms with Gasteiger partial charge in [0.05, 0.1) is 18.8 Å². The smallest absolute Gasteiger partial charge is 0.378 e. The van der Waals surface area contributed by atoms with Crippen LogP contribution in [0.1, 0.15) is 10.4 Å². The number of hydrogen-bond acceptors (Lipinski definition) is 4. The number of nitrogens with zero attached hydrogens (tertiary/aromatic N) is 2. The summed E-state index contributed by atoms with van der Waals surface area (Å²) in [6.45, 7) is 1.27. The van der Waals surface area contributed by atoms with E-state index in [2.05, 4.69) is 4.98 Å². The molecule has 1 aliphatic heterocycles. The number of anilines is 1. The average Bonchev–Trinajstić information content (AvgIpc) is 2.45. The number of morpholine rings is 1. The highest BCUT2D eigenvalue weighted by molar-refractivity contribution is 5.94. The minimum Gasteiger partial charge on any atom is -0.378 e. The normalized spacial score (nSPS) is 16.1. The molecule has 1 amide bonds. The van der Waals surface area contributed by atoms with Gasteiger partial charge in [-0.05, 0) is 12.1 Å². The minimum absolute atomic E-state index is 0.103. The molecule has 1 aromatic rings. The lowest BCUT2D eigenvalue weighted by Crippen LogP contribution is -2.37. The van der Waals surface area contributed by atoms with Gasteiger partial charge in [0.2, 0.25) is 0 Å². The number of pyridine rings is 1. The predicted octanol–water partition coefficient (Wildman–Crippen LogP) is 1.21. The van der Waals surface area contributed by atoms with E-state index in [1.54, 1.807) is 11.4 Å². The van der Waals surface area contributed by atoms with Gasteiger partial charge in [-0.3, -0.25) is 4.79 Å². The van der Waals surface area contributed by atoms with Crippen molar-refractivity contribution >= 4 is 11.7 Å². The topological polar surface area (TPSA) is 54.5 Å². The van der Waals surface area contributed by atoms with Crippen LogP contribution in [-0.2, 0) is 4.74 Å². The van der Waals surface area contributed by atoms with Crippen molar-refractivity contribution in [2.75, 3.05) is 37.7 Å². The molecule has 0 atom stereocenters. The first-order valence-corrected chi connectivity index (χ1v) is 6.09. The van der Waals surface area contributed by atoms with E-state index in [1.807, 2.05) is 4.90 Å². The second-order valence-corrected chi connectivity index (χ2v) is 4.30. The van der Waals surface area contributed by atoms with Crippen molar-refractivity contribution in [2.24, 2.45) is 0 Å². The second-order valence-electron chi connectivity index (χ2n) is 4.30. The summed E-state index contributed by atoms with van der Waals surface area (Å²) in [6, 6.07) is 3.08. The molecular weight excluding hydrogens is 275 g/mol. The Morgan fingerprint density at radius 2 is 2.05 bits per heavy atom. The van der Waals surface area contributed by atoms with Crippen molar-refractivity contribution in [2.45, 2.75) is 6.18 Å². The predicted molar refractivity (Wildman–Crippen MR) is 65.7 cm³/mol. The quantitative estimate of drug-likeness (QED) is 0.909. The summed E-state index contributed by atoms with van der Waals surface area (Å²) in [5.41, 5.74) is 0.103. The Bertz CT molecular complexity index is 456. The van der Waals surface area contributed by atoms with Gasteiger partial charge in [0.15, 0.2) is 0 Å². The molecule has 2 rings (SSSR count). The van der Waals surface area contributed by atoms with Crippen LogP contribution in [0.2, 0.25) is 0 Å². The summed E-state index contributed by atoms with van der Waals surface area (Å²) in [7, 11) is 0. The lowest BCUT2D eigenvalue weighted by atomic mass is 10.2. The van der Waals surface area contributed by atoms with Gasteiger partial charge in [-0.2, -0.15) is 13.2 Å². The molecule has 1 fully saturated rings. The lowest BCUT2D eigenvalue weighted by Gasteiger charge is -2.27. The van der Waals surface area contributed by atoms with Gasteiger partial charge in [-0.1, -0.05) is 0 Å². The Labute approximate surface area is 113 Å². The molecule has 8 heteroatoms. The Kier molecular flexibility index (Phi) is 4.43. The van der Waals surface area contributed by atoms with Gasteiger partial charge < -0.3 is 15.0 Å². The summed E-state index contributed by atoms with van der Waals surface area (Å²) in [5.74, 6) is -0.107. The van der Waals surface area contributed by atoms with E-state index >= 15 is 0 Å². The third-order valence-corrected chi connectivity index (χ3v) is 2.79. The maximum atomic E-state index is 12.0. The van der Waals surface area contributed by atoms with Crippen LogP contribution >= 0.6 is 0 Å². The summed E-state index contributed by atoms with van der Waals surface area (Å²) >= 11 is 0. The fourth-order valence-corrected chi connectivity index (χ4v) is 1.78. The van der Waals surface area contributed by atoms with Crippen LogP contribution in [-0.4, -0.2) is 49.9 Å². The van der Waals surface area contributed by atoms with E-state index in [0.717, 1.165) is 0 Å². The molecule has 2 heterocycles. The Morgan fingerprint density at radius 3 is 2.60 bits per heavy atom. The summed E-state index contributed by atoms with van der Waals surface area (Å²) in [6.07, 6.45) is -3.15. The molecule has 0 radical (unpaired) electrons. The molecule has 20 heavy (non-hydrogen) atoms. The molecule has 0 spiro atoms. The molecule has 1 aromatic heterocycles. The number of alkyl halides is 3. The number of carbonyl (C=O) groups excluding carboxylic acids is 1. The number of halogens is 3. The lowest BCUT2D eigenvalue weighted by molar-refractivity contribution is -0.123. The number of rotatable bonds is 3. The first kappa shape index (κ1) is 14.6. The zero-order chi connectivity index (χ0) is 14.6. The number of amides is 1. The fraction of sp³-hybridized carbons (Fsp3) is 0.500. The summed E-state index contributed by atoms with van der Waals surface area (Å²) < 4.78 is 41.2. The summed E-state index contributed by atoms with van der Waals surface area (Å²) in [5, 5.41) is 1.80. The van der Waals surface area contributed by atoms with Gasteiger partial charge in [0.1, 0.15) is 12.4 Å². The largest absolute Gasteiger partial charge is 0.405 e. The van der Waals surface area contributed by atoms with Gasteiger partial charge in [0, 0.05) is 19.3 Å². The van der Waals surface area contributed by atoms with Gasteiger partial charge in [0.25, 0.3) is 5.91 Å². The minimum atomic E-state index is -4.42. The number of aromatic nitrogens is 1. The van der Waals surface area contributed by atoms with Crippen molar-refractivity contribution in [3.63, 3.8) is 0 Å². The molecular formula is C12H14F3N3O2. The second kappa shape index (κ2) is 6.08. The van der Waals surface area contributed by atoms with Crippen molar-refractivity contribution in [3.05, 3.63) is 23.9 Å². The van der Waals surface area contributed by atoms with Crippen molar-refractivity contribution in [1.29, 1.82) is 0 Å². The molecule has 1 N–H and O–H groups in total. The van der Waals surface area contributed by atoms with E-state index < -0.39 is 18.6 Å². The van der Waals surface area contributed by atoms with Crippen molar-refractivity contribution < 1.29 is 22.7 Å². The highest BCUT2D eigenvalue weighted by atomic mass is 19.4. The van der Waals surface area contributed by atoms with Crippen LogP contribution in [0, 0.1) is 0 Å². The van der Waals surface area contributed by atoms with Crippen LogP contribution in [0.4, 0.5) is 19.0 Å². The average molecular weight is 289 g/mol. The standard InChI is InChI=1S/C12H14F3N3O2/c13-12(14,15)8-17-11(19)9-1-2-10(16-7-9)18-3-5-20-6-4-18/h1-2,7H,3-6,8H2,(H,17,19). The van der Waals surface area contributed by atoms with Gasteiger partial charge in [-0.15, -0.1) is 0 Å². The Morgan fingerprint density at radius 1 is 1.35 bits per heavy atom. The first-order valence-electron chi connectivity index (χ1n) is 6.09. The molecule has 110 valence electrons. The SMILES string of the molecule is O=C(NCC(F)(F)F)c1ccc(N2CCOCC2)nc1. The third kappa shape index (κ3) is 4.09. The maximum Gasteiger partial charge on any atom is 0.405 e. The molecule has 1 aliphatic rings. The number of ether oxygens (including phenoxy) is 1. The van der Waals surface area contributed by atoms with Crippen molar-refractivity contribution in [3.8, 4) is 0 Å². The first-order chi connectivity index (χ1) is 9.46. The third-order valence-electron chi connectivity index (χ3n) is 2.79. The number of hydrogen-bond donors (Lipinski definition) is 1. The molecule has 0 unspecified atom stereocenters. The van der Waals surface area contributed by atoms with E-state index in [0.29, 0.717) is 32.1 Å². The van der Waals surface area contributed by atoms with E-state index in [1.165, 1.54) is 12.3 Å². The molecule has 0 aliphatic carbocycles. The zero-order valence-electron chi connectivity index (χ0n) is 10.6. The van der Waals surface area contributed by atoms with Crippen LogP contribution < -0.4 is 10.2 Å². The van der Waals surface area contributed by atoms with Crippen LogP contribution in [0.15, 0.2) is 18.3 Å². The van der Waals surface area contributed by atoms with E-state index in [-0.39, 0.29) is 5.56 Å². The monoisotopic (exact) mass is 289 g/mol. The molecule has 0 saturated carbocycles. The summed E-state index contributed by atoms with van der Waals surface area (Å²) in [4.78, 5) is 17.6. The highest BCUT2D eigenvalue weighted by Crippen LogP contribution is 2.14. The Hall–Kier alpha value is -1.83. The molecule has 0 bridgehead atoms. The van der Waals surface area contributed by atoms with E-state index in [4.69, 9.17) is 4.74 Å². The Balaban J connectivity index is 1.95. The molecule has 5 nitrogen and oxygen atoms in total. The van der Waals surface area contributed by atoms with Crippen molar-refractivity contribution in [1.82, 2.24) is 10.3 Å². The van der Waals surface area contributed by atoms with Crippen LogP contribution in [0.25, 0.3) is 0 Å². The van der Waals surface area contributed by atoms with Crippen LogP contribution in [0.5, 0.6) is 0 Å². The fourth-order valence-electron chi connectivity index (χ4n) is 1.78. The molecule has 1 saturated heterocycles. The highest BCUT2D eigenvalue weighted by Gasteiger charge is 2.28. The van der Waals surface area contributed by atoms with E-state index in [9.17, 15) is 18.0 Å². The zero-order valence-corrected chi connectivity index (χ0v) is 10.6. The number of nitrogens with one attached hydrogen (secondary N) is 1. The van der Waals surface area contributed by atoms with Crippen LogP contribution in [0.3, 0.4) is 0 Å². The van der Waals surface area contributed by atoms with Gasteiger partial charge >= 0.3 is 6.18 Å². The number of carbonyl (C=O) groups is 1. The molecule has 0 aromatic carbocycles. The van der Waals surface area contributed by atoms with Gasteiger partial charge in [-0.25, -0.2) is 4.98 Å².